The molecule has 3 aromatic rings. The molecule has 2 aliphatic rings. The number of rotatable bonds is 6. The van der Waals surface area contributed by atoms with Gasteiger partial charge in [-0.1, -0.05) is 60.7 Å². The van der Waals surface area contributed by atoms with Crippen molar-refractivity contribution in [3.05, 3.63) is 101 Å². The summed E-state index contributed by atoms with van der Waals surface area (Å²) in [6.45, 7) is 9.90. The Hall–Kier alpha value is -2.66. The molecule has 0 saturated carbocycles. The van der Waals surface area contributed by atoms with Gasteiger partial charge in [0.15, 0.2) is 0 Å². The molecule has 2 heterocycles. The molecule has 1 N–H and O–H groups in total. The van der Waals surface area contributed by atoms with Crippen molar-refractivity contribution in [3.63, 3.8) is 0 Å². The zero-order chi connectivity index (χ0) is 23.5. The molecule has 4 nitrogen and oxygen atoms in total. The minimum Gasteiger partial charge on any atom is -0.497 e. The lowest BCUT2D eigenvalue weighted by atomic mass is 9.90. The lowest BCUT2D eigenvalue weighted by Crippen LogP contribution is -2.56. The van der Waals surface area contributed by atoms with Gasteiger partial charge in [0.05, 0.1) is 13.2 Å². The summed E-state index contributed by atoms with van der Waals surface area (Å²) < 4.78 is 5.61. The molecule has 4 heteroatoms. The van der Waals surface area contributed by atoms with Crippen LogP contribution in [-0.2, 0) is 19.5 Å². The Morgan fingerprint density at radius 2 is 1.71 bits per heavy atom. The van der Waals surface area contributed by atoms with E-state index in [1.54, 1.807) is 7.11 Å². The fourth-order valence-corrected chi connectivity index (χ4v) is 5.68. The van der Waals surface area contributed by atoms with Gasteiger partial charge in [-0.15, -0.1) is 0 Å². The van der Waals surface area contributed by atoms with Gasteiger partial charge in [0.1, 0.15) is 5.75 Å². The molecule has 0 aliphatic carbocycles. The van der Waals surface area contributed by atoms with Crippen LogP contribution in [0.15, 0.2) is 72.8 Å². The molecule has 0 unspecified atom stereocenters. The van der Waals surface area contributed by atoms with Crippen LogP contribution >= 0.6 is 0 Å². The van der Waals surface area contributed by atoms with E-state index in [4.69, 9.17) is 4.74 Å². The first-order chi connectivity index (χ1) is 16.6. The Bertz CT molecular complexity index is 1100. The molecule has 0 bridgehead atoms. The first-order valence-electron chi connectivity index (χ1n) is 12.6. The van der Waals surface area contributed by atoms with E-state index in [-0.39, 0.29) is 6.04 Å². The van der Waals surface area contributed by atoms with Crippen LogP contribution in [0.3, 0.4) is 0 Å². The van der Waals surface area contributed by atoms with Crippen molar-refractivity contribution < 1.29 is 4.74 Å². The second-order valence-electron chi connectivity index (χ2n) is 9.94. The molecule has 0 radical (unpaired) electrons. The van der Waals surface area contributed by atoms with Gasteiger partial charge in [-0.2, -0.15) is 0 Å². The fraction of sp³-hybridized carbons (Fsp3) is 0.400. The highest BCUT2D eigenvalue weighted by Gasteiger charge is 2.35. The van der Waals surface area contributed by atoms with Crippen molar-refractivity contribution in [1.82, 2.24) is 15.1 Å². The van der Waals surface area contributed by atoms with Gasteiger partial charge in [0.2, 0.25) is 0 Å². The summed E-state index contributed by atoms with van der Waals surface area (Å²) in [6.07, 6.45) is 1.12. The molecule has 1 fully saturated rings. The number of ether oxygens (including phenoxy) is 1. The first kappa shape index (κ1) is 23.1. The average molecular weight is 456 g/mol. The van der Waals surface area contributed by atoms with Crippen molar-refractivity contribution in [3.8, 4) is 5.75 Å². The third kappa shape index (κ3) is 4.90. The Balaban J connectivity index is 1.46. The van der Waals surface area contributed by atoms with Gasteiger partial charge in [0.25, 0.3) is 0 Å². The summed E-state index contributed by atoms with van der Waals surface area (Å²) in [5, 5.41) is 3.55. The zero-order valence-electron chi connectivity index (χ0n) is 20.7. The van der Waals surface area contributed by atoms with Crippen LogP contribution in [-0.4, -0.2) is 48.6 Å². The van der Waals surface area contributed by atoms with Gasteiger partial charge in [0, 0.05) is 38.3 Å². The third-order valence-electron chi connectivity index (χ3n) is 7.57. The van der Waals surface area contributed by atoms with Gasteiger partial charge >= 0.3 is 0 Å². The maximum atomic E-state index is 5.61. The fourth-order valence-electron chi connectivity index (χ4n) is 5.68. The number of hydrogen-bond acceptors (Lipinski definition) is 4. The predicted octanol–water partition coefficient (Wildman–Crippen LogP) is 5.03. The number of nitrogens with zero attached hydrogens (tertiary/aromatic N) is 2. The van der Waals surface area contributed by atoms with E-state index >= 15 is 0 Å². The van der Waals surface area contributed by atoms with Crippen LogP contribution < -0.4 is 10.1 Å². The van der Waals surface area contributed by atoms with Crippen molar-refractivity contribution >= 4 is 0 Å². The Kier molecular flexibility index (Phi) is 7.00. The van der Waals surface area contributed by atoms with E-state index < -0.39 is 0 Å². The topological polar surface area (TPSA) is 27.7 Å². The molecular formula is C30H37N3O. The number of piperazine rings is 1. The summed E-state index contributed by atoms with van der Waals surface area (Å²) in [6, 6.07) is 27.8. The molecule has 34 heavy (non-hydrogen) atoms. The molecule has 0 spiro atoms. The second kappa shape index (κ2) is 10.3. The molecule has 178 valence electrons. The molecule has 0 aromatic heterocycles. The highest BCUT2D eigenvalue weighted by Crippen LogP contribution is 2.36. The van der Waals surface area contributed by atoms with E-state index in [1.807, 2.05) is 6.07 Å². The SMILES string of the molecule is COc1cccc([C@@H](c2ccc3c(c2)CNCC3)N2C[C@@H](C)N(Cc3ccccc3)C[C@@H]2C)c1. The summed E-state index contributed by atoms with van der Waals surface area (Å²) in [4.78, 5) is 5.34. The van der Waals surface area contributed by atoms with Crippen LogP contribution in [0.2, 0.25) is 0 Å². The van der Waals surface area contributed by atoms with Crippen LogP contribution in [0.4, 0.5) is 0 Å². The molecule has 0 amide bonds. The summed E-state index contributed by atoms with van der Waals surface area (Å²) in [5.74, 6) is 0.922. The second-order valence-corrected chi connectivity index (χ2v) is 9.94. The average Bonchev–Trinajstić information content (AvgIpc) is 2.87. The Morgan fingerprint density at radius 3 is 2.53 bits per heavy atom. The van der Waals surface area contributed by atoms with Crippen molar-refractivity contribution in [1.29, 1.82) is 0 Å². The van der Waals surface area contributed by atoms with Gasteiger partial charge in [-0.3, -0.25) is 9.80 Å². The molecule has 3 atom stereocenters. The van der Waals surface area contributed by atoms with Gasteiger partial charge in [-0.05, 0) is 66.8 Å². The smallest absolute Gasteiger partial charge is 0.119 e. The van der Waals surface area contributed by atoms with E-state index in [0.29, 0.717) is 12.1 Å². The Morgan fingerprint density at radius 1 is 0.882 bits per heavy atom. The number of benzene rings is 3. The normalized spacial score (nSPS) is 22.2. The third-order valence-corrected chi connectivity index (χ3v) is 7.57. The lowest BCUT2D eigenvalue weighted by Gasteiger charge is -2.48. The number of fused-ring (bicyclic) bond motifs is 1. The predicted molar refractivity (Wildman–Crippen MR) is 139 cm³/mol. The van der Waals surface area contributed by atoms with Crippen molar-refractivity contribution in [2.24, 2.45) is 0 Å². The zero-order valence-corrected chi connectivity index (χ0v) is 20.7. The standard InChI is InChI=1S/C30H37N3O/c1-22-20-33(23(2)19-32(22)21-24-8-5-4-6-9-24)30(26-10-7-11-29(17-26)34-3)27-13-12-25-14-15-31-18-28(25)16-27/h4-13,16-17,22-23,30-31H,14-15,18-21H2,1-3H3/t22-,23+,30+/m1/s1. The van der Waals surface area contributed by atoms with Gasteiger partial charge in [-0.25, -0.2) is 0 Å². The quantitative estimate of drug-likeness (QED) is 0.565. The monoisotopic (exact) mass is 455 g/mol. The number of nitrogens with one attached hydrogen (secondary N) is 1. The highest BCUT2D eigenvalue weighted by molar-refractivity contribution is 5.41. The van der Waals surface area contributed by atoms with E-state index in [0.717, 1.165) is 44.9 Å². The minimum atomic E-state index is 0.207. The van der Waals surface area contributed by atoms with Gasteiger partial charge < -0.3 is 10.1 Å². The lowest BCUT2D eigenvalue weighted by molar-refractivity contribution is 0.0195. The number of methoxy groups -OCH3 is 1. The van der Waals surface area contributed by atoms with Crippen LogP contribution in [0, 0.1) is 0 Å². The molecular weight excluding hydrogens is 418 g/mol. The maximum absolute atomic E-state index is 5.61. The first-order valence-corrected chi connectivity index (χ1v) is 12.6. The van der Waals surface area contributed by atoms with E-state index in [9.17, 15) is 0 Å². The van der Waals surface area contributed by atoms with Crippen LogP contribution in [0.5, 0.6) is 5.75 Å². The van der Waals surface area contributed by atoms with Crippen LogP contribution in [0.1, 0.15) is 47.7 Å². The van der Waals surface area contributed by atoms with E-state index in [2.05, 4.69) is 95.7 Å². The molecule has 3 aromatic carbocycles. The summed E-state index contributed by atoms with van der Waals surface area (Å²) in [7, 11) is 1.76. The Labute approximate surface area is 204 Å². The molecule has 5 rings (SSSR count). The summed E-state index contributed by atoms with van der Waals surface area (Å²) >= 11 is 0. The van der Waals surface area contributed by atoms with Crippen molar-refractivity contribution in [2.45, 2.75) is 51.5 Å². The molecule has 1 saturated heterocycles. The largest absolute Gasteiger partial charge is 0.497 e. The highest BCUT2D eigenvalue weighted by atomic mass is 16.5. The minimum absolute atomic E-state index is 0.207. The van der Waals surface area contributed by atoms with E-state index in [1.165, 1.54) is 27.8 Å². The van der Waals surface area contributed by atoms with Crippen LogP contribution in [0.25, 0.3) is 0 Å². The number of hydrogen-bond donors (Lipinski definition) is 1. The van der Waals surface area contributed by atoms with Crippen molar-refractivity contribution in [2.75, 3.05) is 26.7 Å². The molecule has 2 aliphatic heterocycles. The summed E-state index contributed by atoms with van der Waals surface area (Å²) in [5.41, 5.74) is 7.01. The maximum Gasteiger partial charge on any atom is 0.119 e.